The number of amides is 1. The van der Waals surface area contributed by atoms with Crippen LogP contribution in [-0.2, 0) is 17.1 Å². The van der Waals surface area contributed by atoms with Crippen molar-refractivity contribution in [3.63, 3.8) is 0 Å². The molecule has 2 aromatic carbocycles. The average molecular weight is 467 g/mol. The molecule has 3 aromatic rings. The van der Waals surface area contributed by atoms with Crippen LogP contribution >= 0.6 is 23.5 Å². The van der Waals surface area contributed by atoms with Gasteiger partial charge in [-0.25, -0.2) is 0 Å². The highest BCUT2D eigenvalue weighted by Gasteiger charge is 2.23. The number of benzene rings is 2. The third-order valence-corrected chi connectivity index (χ3v) is 7.49. The fraction of sp³-hybridized carbons (Fsp3) is 0.320. The summed E-state index contributed by atoms with van der Waals surface area (Å²) in [4.78, 5) is 14.2. The quantitative estimate of drug-likeness (QED) is 0.285. The number of nitrogens with one attached hydrogen (secondary N) is 1. The number of carbonyl (C=O) groups is 1. The highest BCUT2D eigenvalue weighted by Crippen LogP contribution is 2.29. The molecule has 3 rings (SSSR count). The zero-order valence-electron chi connectivity index (χ0n) is 19.1. The molecule has 1 heterocycles. The second-order valence-corrected chi connectivity index (χ2v) is 9.89. The Labute approximate surface area is 199 Å². The lowest BCUT2D eigenvalue weighted by Gasteiger charge is -2.17. The van der Waals surface area contributed by atoms with E-state index < -0.39 is 0 Å². The van der Waals surface area contributed by atoms with Crippen LogP contribution in [0.4, 0.5) is 5.69 Å². The zero-order valence-corrected chi connectivity index (χ0v) is 20.7. The molecule has 32 heavy (non-hydrogen) atoms. The van der Waals surface area contributed by atoms with Crippen molar-refractivity contribution in [3.05, 3.63) is 77.6 Å². The summed E-state index contributed by atoms with van der Waals surface area (Å²) in [6, 6.07) is 14.5. The Balaban J connectivity index is 1.73. The summed E-state index contributed by atoms with van der Waals surface area (Å²) < 4.78 is 2.05. The molecule has 0 spiro atoms. The lowest BCUT2D eigenvalue weighted by molar-refractivity contribution is -0.115. The maximum Gasteiger partial charge on any atom is 0.237 e. The molecule has 0 saturated heterocycles. The van der Waals surface area contributed by atoms with Crippen molar-refractivity contribution in [2.45, 2.75) is 61.7 Å². The Morgan fingerprint density at radius 1 is 1.12 bits per heavy atom. The number of aromatic nitrogens is 3. The molecule has 0 fully saturated rings. The first-order valence-corrected chi connectivity index (χ1v) is 12.6. The maximum absolute atomic E-state index is 13.1. The Kier molecular flexibility index (Phi) is 8.59. The fourth-order valence-electron chi connectivity index (χ4n) is 3.27. The second kappa shape index (κ2) is 11.4. The van der Waals surface area contributed by atoms with Crippen LogP contribution in [0.5, 0.6) is 0 Å². The Bertz CT molecular complexity index is 1060. The predicted octanol–water partition coefficient (Wildman–Crippen LogP) is 6.19. The van der Waals surface area contributed by atoms with E-state index in [1.54, 1.807) is 11.8 Å². The minimum absolute atomic E-state index is 0.0152. The van der Waals surface area contributed by atoms with Gasteiger partial charge in [0.05, 0.1) is 11.0 Å². The number of carbonyl (C=O) groups excluding carboxylic acids is 1. The maximum atomic E-state index is 13.1. The van der Waals surface area contributed by atoms with E-state index in [-0.39, 0.29) is 11.2 Å². The standard InChI is InChI=1S/C25H30N4OS2/c1-6-15-29-22(16-31-20-13-11-17(3)12-14-20)27-28-25(29)32-21(7-2)24(30)26-23-18(4)9-8-10-19(23)5/h6,8-14,21H,1,7,15-16H2,2-5H3,(H,26,30). The van der Waals surface area contributed by atoms with E-state index in [9.17, 15) is 4.79 Å². The number of anilines is 1. The zero-order chi connectivity index (χ0) is 23.1. The van der Waals surface area contributed by atoms with Crippen LogP contribution < -0.4 is 5.32 Å². The molecule has 0 aliphatic heterocycles. The number of hydrogen-bond donors (Lipinski definition) is 1. The molecule has 7 heteroatoms. The summed E-state index contributed by atoms with van der Waals surface area (Å²) in [6.07, 6.45) is 2.53. The van der Waals surface area contributed by atoms with Crippen molar-refractivity contribution in [1.29, 1.82) is 0 Å². The van der Waals surface area contributed by atoms with E-state index in [1.807, 2.05) is 49.6 Å². The number of nitrogens with zero attached hydrogens (tertiary/aromatic N) is 3. The predicted molar refractivity (Wildman–Crippen MR) is 135 cm³/mol. The molecule has 1 atom stereocenters. The summed E-state index contributed by atoms with van der Waals surface area (Å²) in [5.74, 6) is 1.57. The summed E-state index contributed by atoms with van der Waals surface area (Å²) in [6.45, 7) is 12.6. The fourth-order valence-corrected chi connectivity index (χ4v) is 5.09. The van der Waals surface area contributed by atoms with Gasteiger partial charge >= 0.3 is 0 Å². The third-order valence-electron chi connectivity index (χ3n) is 5.13. The molecule has 1 amide bonds. The number of thioether (sulfide) groups is 2. The van der Waals surface area contributed by atoms with Gasteiger partial charge in [-0.3, -0.25) is 4.79 Å². The van der Waals surface area contributed by atoms with Crippen molar-refractivity contribution in [3.8, 4) is 0 Å². The van der Waals surface area contributed by atoms with Crippen molar-refractivity contribution >= 4 is 35.1 Å². The van der Waals surface area contributed by atoms with Crippen molar-refractivity contribution in [2.24, 2.45) is 0 Å². The largest absolute Gasteiger partial charge is 0.325 e. The van der Waals surface area contributed by atoms with E-state index in [0.717, 1.165) is 27.8 Å². The van der Waals surface area contributed by atoms with Crippen LogP contribution in [0.2, 0.25) is 0 Å². The van der Waals surface area contributed by atoms with Gasteiger partial charge in [0.1, 0.15) is 5.82 Å². The van der Waals surface area contributed by atoms with Gasteiger partial charge in [-0.05, 0) is 50.5 Å². The second-order valence-electron chi connectivity index (χ2n) is 7.67. The van der Waals surface area contributed by atoms with Crippen LogP contribution in [0.1, 0.15) is 35.9 Å². The van der Waals surface area contributed by atoms with E-state index in [0.29, 0.717) is 18.7 Å². The van der Waals surface area contributed by atoms with Gasteiger partial charge in [-0.1, -0.05) is 60.7 Å². The summed E-state index contributed by atoms with van der Waals surface area (Å²) in [5, 5.41) is 12.4. The lowest BCUT2D eigenvalue weighted by Crippen LogP contribution is -2.26. The number of rotatable bonds is 10. The molecule has 0 aliphatic carbocycles. The lowest BCUT2D eigenvalue weighted by atomic mass is 10.1. The molecule has 0 aliphatic rings. The van der Waals surface area contributed by atoms with Gasteiger partial charge < -0.3 is 9.88 Å². The van der Waals surface area contributed by atoms with Crippen molar-refractivity contribution in [1.82, 2.24) is 14.8 Å². The van der Waals surface area contributed by atoms with Gasteiger partial charge in [0.2, 0.25) is 5.91 Å². The van der Waals surface area contributed by atoms with Crippen LogP contribution in [0.15, 0.2) is 65.2 Å². The molecular weight excluding hydrogens is 436 g/mol. The van der Waals surface area contributed by atoms with Gasteiger partial charge in [-0.15, -0.1) is 28.5 Å². The topological polar surface area (TPSA) is 59.8 Å². The van der Waals surface area contributed by atoms with Crippen LogP contribution in [-0.4, -0.2) is 25.9 Å². The van der Waals surface area contributed by atoms with E-state index in [1.165, 1.54) is 22.2 Å². The Morgan fingerprint density at radius 3 is 2.44 bits per heavy atom. The van der Waals surface area contributed by atoms with E-state index in [2.05, 4.69) is 53.3 Å². The van der Waals surface area contributed by atoms with E-state index >= 15 is 0 Å². The molecule has 5 nitrogen and oxygen atoms in total. The molecule has 1 aromatic heterocycles. The van der Waals surface area contributed by atoms with Crippen LogP contribution in [0.25, 0.3) is 0 Å². The molecule has 168 valence electrons. The van der Waals surface area contributed by atoms with Gasteiger partial charge in [0, 0.05) is 17.1 Å². The van der Waals surface area contributed by atoms with E-state index in [4.69, 9.17) is 0 Å². The summed E-state index contributed by atoms with van der Waals surface area (Å²) in [7, 11) is 0. The van der Waals surface area contributed by atoms with Crippen molar-refractivity contribution in [2.75, 3.05) is 5.32 Å². The first-order valence-electron chi connectivity index (χ1n) is 10.7. The Morgan fingerprint density at radius 2 is 1.81 bits per heavy atom. The monoisotopic (exact) mass is 466 g/mol. The SMILES string of the molecule is C=CCn1c(CSc2ccc(C)cc2)nnc1SC(CC)C(=O)Nc1c(C)cccc1C. The third kappa shape index (κ3) is 6.04. The highest BCUT2D eigenvalue weighted by atomic mass is 32.2. The summed E-state index contributed by atoms with van der Waals surface area (Å²) >= 11 is 3.18. The average Bonchev–Trinajstić information content (AvgIpc) is 3.15. The first kappa shape index (κ1) is 24.1. The molecule has 0 radical (unpaired) electrons. The minimum atomic E-state index is -0.264. The number of aryl methyl sites for hydroxylation is 3. The molecule has 0 saturated carbocycles. The number of para-hydroxylation sites is 1. The first-order chi connectivity index (χ1) is 15.4. The van der Waals surface area contributed by atoms with Gasteiger partial charge in [-0.2, -0.15) is 0 Å². The molecule has 1 N–H and O–H groups in total. The molecule has 1 unspecified atom stereocenters. The molecule has 0 bridgehead atoms. The van der Waals surface area contributed by atoms with Crippen LogP contribution in [0, 0.1) is 20.8 Å². The van der Waals surface area contributed by atoms with Gasteiger partial charge in [0.25, 0.3) is 0 Å². The number of allylic oxidation sites excluding steroid dienone is 1. The number of hydrogen-bond acceptors (Lipinski definition) is 5. The Hall–Kier alpha value is -2.51. The normalized spacial score (nSPS) is 11.9. The smallest absolute Gasteiger partial charge is 0.237 e. The van der Waals surface area contributed by atoms with Crippen molar-refractivity contribution < 1.29 is 4.79 Å². The van der Waals surface area contributed by atoms with Crippen LogP contribution in [0.3, 0.4) is 0 Å². The van der Waals surface area contributed by atoms with Gasteiger partial charge in [0.15, 0.2) is 5.16 Å². The molecular formula is C25H30N4OS2. The highest BCUT2D eigenvalue weighted by molar-refractivity contribution is 8.00. The minimum Gasteiger partial charge on any atom is -0.325 e. The summed E-state index contributed by atoms with van der Waals surface area (Å²) in [5.41, 5.74) is 4.25.